The lowest BCUT2D eigenvalue weighted by Gasteiger charge is -2.07. The SMILES string of the molecule is [2H]C(C)(C)C([2H])([2H])C([2H])(N)C(=O)O. The number of carboxylic acids is 1. The molecule has 0 aromatic heterocycles. The Morgan fingerprint density at radius 3 is 2.56 bits per heavy atom. The molecule has 0 amide bonds. The van der Waals surface area contributed by atoms with Gasteiger partial charge in [0.1, 0.15) is 6.02 Å². The second-order valence-corrected chi connectivity index (χ2v) is 1.84. The molecule has 0 heterocycles. The van der Waals surface area contributed by atoms with E-state index in [0.717, 1.165) is 0 Å². The summed E-state index contributed by atoms with van der Waals surface area (Å²) in [5, 5.41) is 8.50. The van der Waals surface area contributed by atoms with E-state index in [0.29, 0.717) is 0 Å². The number of hydrogen-bond acceptors (Lipinski definition) is 2. The molecule has 0 fully saturated rings. The van der Waals surface area contributed by atoms with Gasteiger partial charge < -0.3 is 10.8 Å². The first kappa shape index (κ1) is 3.56. The third-order valence-corrected chi connectivity index (χ3v) is 0.615. The van der Waals surface area contributed by atoms with Crippen LogP contribution in [0, 0.1) is 5.89 Å². The Morgan fingerprint density at radius 2 is 2.44 bits per heavy atom. The molecule has 0 aromatic carbocycles. The molecule has 0 aliphatic rings. The average Bonchev–Trinajstić information content (AvgIpc) is 1.84. The summed E-state index contributed by atoms with van der Waals surface area (Å²) < 4.78 is 29.1. The largest absolute Gasteiger partial charge is 0.480 e. The maximum atomic E-state index is 10.5. The van der Waals surface area contributed by atoms with Crippen LogP contribution in [-0.4, -0.2) is 17.1 Å². The number of aliphatic carboxylic acids is 1. The molecule has 1 atom stereocenters. The summed E-state index contributed by atoms with van der Waals surface area (Å²) >= 11 is 0. The second-order valence-electron chi connectivity index (χ2n) is 1.84. The fourth-order valence-corrected chi connectivity index (χ4v) is 0.323. The van der Waals surface area contributed by atoms with Gasteiger partial charge in [0.05, 0.1) is 1.37 Å². The van der Waals surface area contributed by atoms with Crippen LogP contribution >= 0.6 is 0 Å². The molecule has 0 aliphatic heterocycles. The van der Waals surface area contributed by atoms with E-state index in [1.807, 2.05) is 0 Å². The number of rotatable bonds is 3. The predicted octanol–water partition coefficient (Wildman–Crippen LogP) is 0.444. The summed E-state index contributed by atoms with van der Waals surface area (Å²) in [6, 6.07) is -2.81. The minimum absolute atomic E-state index is 1.17. The van der Waals surface area contributed by atoms with Crippen LogP contribution < -0.4 is 5.73 Å². The predicted molar refractivity (Wildman–Crippen MR) is 35.1 cm³/mol. The van der Waals surface area contributed by atoms with E-state index < -0.39 is 24.3 Å². The molecule has 3 N–H and O–H groups in total. The molecular formula is C6H13NO2. The summed E-state index contributed by atoms with van der Waals surface area (Å²) in [6.45, 7) is 2.35. The Hall–Kier alpha value is -0.570. The van der Waals surface area contributed by atoms with Gasteiger partial charge in [-0.25, -0.2) is 0 Å². The summed E-state index contributed by atoms with van der Waals surface area (Å²) in [5.41, 5.74) is 5.00. The lowest BCUT2D eigenvalue weighted by Crippen LogP contribution is -2.31. The Kier molecular flexibility index (Phi) is 1.37. The van der Waals surface area contributed by atoms with Crippen LogP contribution in [0.1, 0.15) is 25.7 Å². The van der Waals surface area contributed by atoms with Gasteiger partial charge in [0.15, 0.2) is 0 Å². The quantitative estimate of drug-likeness (QED) is 0.590. The van der Waals surface area contributed by atoms with Crippen molar-refractivity contribution in [3.05, 3.63) is 0 Å². The van der Waals surface area contributed by atoms with Crippen molar-refractivity contribution in [1.29, 1.82) is 0 Å². The van der Waals surface area contributed by atoms with E-state index in [-0.39, 0.29) is 0 Å². The molecule has 0 saturated carbocycles. The van der Waals surface area contributed by atoms with Gasteiger partial charge in [-0.2, -0.15) is 0 Å². The second kappa shape index (κ2) is 3.45. The van der Waals surface area contributed by atoms with Crippen LogP contribution in [0.4, 0.5) is 0 Å². The zero-order valence-electron chi connectivity index (χ0n) is 9.43. The van der Waals surface area contributed by atoms with E-state index in [1.165, 1.54) is 13.8 Å². The van der Waals surface area contributed by atoms with Crippen molar-refractivity contribution in [2.24, 2.45) is 11.6 Å². The van der Waals surface area contributed by atoms with E-state index >= 15 is 0 Å². The highest BCUT2D eigenvalue weighted by Crippen LogP contribution is 2.01. The lowest BCUT2D eigenvalue weighted by molar-refractivity contribution is -0.138. The molecule has 1 unspecified atom stereocenters. The number of carbonyl (C=O) groups is 1. The number of nitrogens with two attached hydrogens (primary N) is 1. The van der Waals surface area contributed by atoms with Crippen molar-refractivity contribution < 1.29 is 15.4 Å². The van der Waals surface area contributed by atoms with Crippen LogP contribution in [-0.2, 0) is 4.79 Å². The van der Waals surface area contributed by atoms with Crippen molar-refractivity contribution in [1.82, 2.24) is 0 Å². The van der Waals surface area contributed by atoms with Crippen LogP contribution in [0.25, 0.3) is 0 Å². The van der Waals surface area contributed by atoms with E-state index in [9.17, 15) is 4.79 Å². The van der Waals surface area contributed by atoms with Crippen molar-refractivity contribution >= 4 is 5.97 Å². The molecule has 54 valence electrons. The zero-order valence-corrected chi connectivity index (χ0v) is 5.43. The highest BCUT2D eigenvalue weighted by Gasteiger charge is 2.11. The molecule has 0 aliphatic carbocycles. The highest BCUT2D eigenvalue weighted by atomic mass is 16.4. The maximum absolute atomic E-state index is 10.5. The van der Waals surface area contributed by atoms with Gasteiger partial charge in [-0.05, 0) is 12.3 Å². The first-order chi connectivity index (χ1) is 5.44. The van der Waals surface area contributed by atoms with E-state index in [2.05, 4.69) is 0 Å². The zero-order chi connectivity index (χ0) is 11.1. The average molecular weight is 135 g/mol. The van der Waals surface area contributed by atoms with Crippen LogP contribution in [0.3, 0.4) is 0 Å². The van der Waals surface area contributed by atoms with Gasteiger partial charge in [0, 0.05) is 4.11 Å². The molecule has 9 heavy (non-hydrogen) atoms. The molecular weight excluding hydrogens is 118 g/mol. The summed E-state index contributed by atoms with van der Waals surface area (Å²) in [6.07, 6.45) is -2.63. The minimum Gasteiger partial charge on any atom is -0.480 e. The third kappa shape index (κ3) is 3.97. The van der Waals surface area contributed by atoms with Crippen LogP contribution in [0.2, 0.25) is 0 Å². The van der Waals surface area contributed by atoms with Crippen molar-refractivity contribution in [3.8, 4) is 0 Å². The molecule has 0 spiro atoms. The Bertz CT molecular complexity index is 221. The van der Waals surface area contributed by atoms with E-state index in [1.54, 1.807) is 0 Å². The Morgan fingerprint density at radius 1 is 2.00 bits per heavy atom. The fourth-order valence-electron chi connectivity index (χ4n) is 0.323. The first-order valence-electron chi connectivity index (χ1n) is 4.47. The van der Waals surface area contributed by atoms with Crippen LogP contribution in [0.5, 0.6) is 0 Å². The Balaban J connectivity index is 5.16. The first-order valence-corrected chi connectivity index (χ1v) is 2.47. The molecule has 3 nitrogen and oxygen atoms in total. The van der Waals surface area contributed by atoms with E-state index in [4.69, 9.17) is 16.3 Å². The summed E-state index contributed by atoms with van der Waals surface area (Å²) in [4.78, 5) is 10.5. The molecule has 0 bridgehead atoms. The monoisotopic (exact) mass is 135 g/mol. The van der Waals surface area contributed by atoms with Gasteiger partial charge in [-0.1, -0.05) is 13.8 Å². The third-order valence-electron chi connectivity index (χ3n) is 0.615. The summed E-state index contributed by atoms with van der Waals surface area (Å²) in [7, 11) is 0. The fraction of sp³-hybridized carbons (Fsp3) is 0.833. The molecule has 0 rings (SSSR count). The lowest BCUT2D eigenvalue weighted by atomic mass is 10.1. The number of carboxylic acid groups (broad SMARTS) is 1. The topological polar surface area (TPSA) is 63.3 Å². The van der Waals surface area contributed by atoms with Gasteiger partial charge in [-0.15, -0.1) is 0 Å². The normalized spacial score (nSPS) is 26.6. The van der Waals surface area contributed by atoms with Gasteiger partial charge in [0.2, 0.25) is 0 Å². The molecule has 0 aromatic rings. The van der Waals surface area contributed by atoms with Crippen molar-refractivity contribution in [2.45, 2.75) is 26.2 Å². The minimum atomic E-state index is -2.81. The standard InChI is InChI=1S/C6H13NO2/c1-4(2)3-5(7)6(8)9/h4-5H,3,7H2,1-2H3,(H,8,9)/i3D2,4D,5D. The van der Waals surface area contributed by atoms with Crippen LogP contribution in [0.15, 0.2) is 0 Å². The Labute approximate surface area is 60.5 Å². The van der Waals surface area contributed by atoms with Gasteiger partial charge in [0.25, 0.3) is 0 Å². The molecule has 3 heteroatoms. The number of hydrogen-bond donors (Lipinski definition) is 2. The summed E-state index contributed by atoms with van der Waals surface area (Å²) in [5.74, 6) is -3.53. The van der Waals surface area contributed by atoms with Gasteiger partial charge >= 0.3 is 5.97 Å². The highest BCUT2D eigenvalue weighted by molar-refractivity contribution is 5.72. The molecule has 0 radical (unpaired) electrons. The van der Waals surface area contributed by atoms with Crippen molar-refractivity contribution in [2.75, 3.05) is 0 Å². The molecule has 0 saturated heterocycles. The smallest absolute Gasteiger partial charge is 0.320 e. The van der Waals surface area contributed by atoms with Gasteiger partial charge in [-0.3, -0.25) is 4.79 Å². The van der Waals surface area contributed by atoms with Crippen molar-refractivity contribution in [3.63, 3.8) is 0 Å². The maximum Gasteiger partial charge on any atom is 0.320 e.